The number of hydrogen-bond acceptors (Lipinski definition) is 2. The smallest absolute Gasteiger partial charge is 0.0473 e. The molecule has 0 heterocycles. The SMILES string of the molecule is c1ccc(-c2ccc(N(c3ccccc3)c3ccc(-c4ccc(-c5ccc(N(c6ccc(-c7ccccc7)cc6)c6cc(-c7ccccc7)cc(-c7ccccc7)c6)cc5)cc4)cc3)cc2)cc1. The number of nitrogens with zero attached hydrogens (tertiary/aromatic N) is 2. The van der Waals surface area contributed by atoms with Gasteiger partial charge in [0, 0.05) is 34.1 Å². The van der Waals surface area contributed by atoms with Crippen molar-refractivity contribution in [2.24, 2.45) is 0 Å². The highest BCUT2D eigenvalue weighted by molar-refractivity contribution is 5.87. The third-order valence-electron chi connectivity index (χ3n) is 12.7. The maximum absolute atomic E-state index is 2.38. The average molecular weight is 869 g/mol. The van der Waals surface area contributed by atoms with Crippen LogP contribution in [-0.4, -0.2) is 0 Å². The lowest BCUT2D eigenvalue weighted by molar-refractivity contribution is 1.28. The Hall–Kier alpha value is -8.98. The van der Waals surface area contributed by atoms with E-state index in [0.29, 0.717) is 0 Å². The van der Waals surface area contributed by atoms with Crippen LogP contribution in [0.2, 0.25) is 0 Å². The molecule has 0 aromatic heterocycles. The Balaban J connectivity index is 0.892. The monoisotopic (exact) mass is 868 g/mol. The normalized spacial score (nSPS) is 10.9. The van der Waals surface area contributed by atoms with Gasteiger partial charge in [0.2, 0.25) is 0 Å². The van der Waals surface area contributed by atoms with Crippen LogP contribution in [0.5, 0.6) is 0 Å². The van der Waals surface area contributed by atoms with Crippen LogP contribution in [0.15, 0.2) is 291 Å². The maximum atomic E-state index is 2.38. The van der Waals surface area contributed by atoms with Crippen molar-refractivity contribution < 1.29 is 0 Å². The van der Waals surface area contributed by atoms with E-state index in [1.807, 2.05) is 0 Å². The number of anilines is 6. The molecular formula is C66H48N2. The van der Waals surface area contributed by atoms with Crippen LogP contribution in [0.25, 0.3) is 66.8 Å². The first-order chi connectivity index (χ1) is 33.7. The van der Waals surface area contributed by atoms with Crippen molar-refractivity contribution in [2.75, 3.05) is 9.80 Å². The second kappa shape index (κ2) is 19.2. The lowest BCUT2D eigenvalue weighted by atomic mass is 9.97. The highest BCUT2D eigenvalue weighted by Crippen LogP contribution is 2.42. The molecule has 0 unspecified atom stereocenters. The summed E-state index contributed by atoms with van der Waals surface area (Å²) in [5.41, 5.74) is 20.8. The van der Waals surface area contributed by atoms with Crippen molar-refractivity contribution >= 4 is 34.1 Å². The topological polar surface area (TPSA) is 6.48 Å². The second-order valence-corrected chi connectivity index (χ2v) is 17.0. The average Bonchev–Trinajstić information content (AvgIpc) is 3.43. The van der Waals surface area contributed by atoms with E-state index in [1.165, 1.54) is 61.2 Å². The summed E-state index contributed by atoms with van der Waals surface area (Å²) in [6, 6.07) is 105. The Morgan fingerprint density at radius 3 is 0.603 bits per heavy atom. The second-order valence-electron chi connectivity index (χ2n) is 17.0. The lowest BCUT2D eigenvalue weighted by Crippen LogP contribution is -2.10. The number of para-hydroxylation sites is 1. The van der Waals surface area contributed by atoms with Gasteiger partial charge < -0.3 is 9.80 Å². The zero-order valence-corrected chi connectivity index (χ0v) is 37.6. The van der Waals surface area contributed by atoms with Gasteiger partial charge in [-0.1, -0.05) is 212 Å². The fourth-order valence-electron chi connectivity index (χ4n) is 9.13. The van der Waals surface area contributed by atoms with Gasteiger partial charge in [0.1, 0.15) is 0 Å². The molecule has 0 bridgehead atoms. The van der Waals surface area contributed by atoms with Gasteiger partial charge >= 0.3 is 0 Å². The molecule has 322 valence electrons. The number of benzene rings is 11. The first-order valence-corrected chi connectivity index (χ1v) is 23.2. The maximum Gasteiger partial charge on any atom is 0.0473 e. The first-order valence-electron chi connectivity index (χ1n) is 23.2. The van der Waals surface area contributed by atoms with Crippen LogP contribution in [0.4, 0.5) is 34.1 Å². The van der Waals surface area contributed by atoms with Gasteiger partial charge in [-0.3, -0.25) is 0 Å². The first kappa shape index (κ1) is 41.7. The Morgan fingerprint density at radius 1 is 0.132 bits per heavy atom. The third kappa shape index (κ3) is 9.00. The van der Waals surface area contributed by atoms with E-state index in [2.05, 4.69) is 301 Å². The molecule has 11 aromatic rings. The molecule has 0 fully saturated rings. The van der Waals surface area contributed by atoms with Crippen molar-refractivity contribution in [1.29, 1.82) is 0 Å². The Kier molecular flexibility index (Phi) is 11.8. The number of rotatable bonds is 12. The van der Waals surface area contributed by atoms with E-state index >= 15 is 0 Å². The quantitative estimate of drug-likeness (QED) is 0.121. The van der Waals surface area contributed by atoms with Gasteiger partial charge in [-0.25, -0.2) is 0 Å². The zero-order valence-electron chi connectivity index (χ0n) is 37.6. The molecule has 0 amide bonds. The molecule has 0 saturated carbocycles. The van der Waals surface area contributed by atoms with Crippen LogP contribution in [0.3, 0.4) is 0 Å². The van der Waals surface area contributed by atoms with Crippen LogP contribution in [-0.2, 0) is 0 Å². The van der Waals surface area contributed by atoms with Crippen molar-refractivity contribution in [1.82, 2.24) is 0 Å². The van der Waals surface area contributed by atoms with E-state index in [-0.39, 0.29) is 0 Å². The van der Waals surface area contributed by atoms with E-state index in [4.69, 9.17) is 0 Å². The summed E-state index contributed by atoms with van der Waals surface area (Å²) in [5, 5.41) is 0. The number of hydrogen-bond donors (Lipinski definition) is 0. The minimum absolute atomic E-state index is 1.08. The Morgan fingerprint density at radius 2 is 0.324 bits per heavy atom. The fourth-order valence-corrected chi connectivity index (χ4v) is 9.13. The molecule has 0 aliphatic carbocycles. The van der Waals surface area contributed by atoms with Crippen LogP contribution in [0, 0.1) is 0 Å². The molecular weight excluding hydrogens is 821 g/mol. The summed E-state index contributed by atoms with van der Waals surface area (Å²) < 4.78 is 0. The van der Waals surface area contributed by atoms with Crippen molar-refractivity contribution in [3.63, 3.8) is 0 Å². The van der Waals surface area contributed by atoms with Gasteiger partial charge in [-0.05, 0) is 146 Å². The molecule has 11 rings (SSSR count). The molecule has 0 saturated heterocycles. The minimum Gasteiger partial charge on any atom is -0.311 e. The minimum atomic E-state index is 1.08. The molecule has 0 aliphatic rings. The van der Waals surface area contributed by atoms with Crippen molar-refractivity contribution in [2.45, 2.75) is 0 Å². The Bertz CT molecular complexity index is 3300. The van der Waals surface area contributed by atoms with Crippen molar-refractivity contribution in [3.8, 4) is 66.8 Å². The Labute approximate surface area is 400 Å². The summed E-state index contributed by atoms with van der Waals surface area (Å²) in [7, 11) is 0. The summed E-state index contributed by atoms with van der Waals surface area (Å²) in [5.74, 6) is 0. The summed E-state index contributed by atoms with van der Waals surface area (Å²) >= 11 is 0. The van der Waals surface area contributed by atoms with Crippen molar-refractivity contribution in [3.05, 3.63) is 291 Å². The summed E-state index contributed by atoms with van der Waals surface area (Å²) in [6.07, 6.45) is 0. The fraction of sp³-hybridized carbons (Fsp3) is 0. The predicted octanol–water partition coefficient (Wildman–Crippen LogP) is 18.6. The van der Waals surface area contributed by atoms with E-state index in [0.717, 1.165) is 39.7 Å². The lowest BCUT2D eigenvalue weighted by Gasteiger charge is -2.27. The standard InChI is InChI=1S/C66H48N2/c1-6-16-49(17-7-1)55-30-38-62(39-31-55)67(61-24-14-5-15-25-61)63-40-34-57(35-41-63)53-26-28-54(29-27-53)58-36-44-65(45-37-58)68(64-42-32-56(33-43-64)50-18-8-2-9-19-50)66-47-59(51-20-10-3-11-21-51)46-60(48-66)52-22-12-4-13-23-52/h1-48H. The summed E-state index contributed by atoms with van der Waals surface area (Å²) in [4.78, 5) is 4.69. The molecule has 0 radical (unpaired) electrons. The third-order valence-corrected chi connectivity index (χ3v) is 12.7. The van der Waals surface area contributed by atoms with Crippen LogP contribution < -0.4 is 9.80 Å². The highest BCUT2D eigenvalue weighted by atomic mass is 15.1. The predicted molar refractivity (Wildman–Crippen MR) is 288 cm³/mol. The van der Waals surface area contributed by atoms with Gasteiger partial charge in [-0.2, -0.15) is 0 Å². The molecule has 0 spiro atoms. The van der Waals surface area contributed by atoms with Gasteiger partial charge in [0.15, 0.2) is 0 Å². The van der Waals surface area contributed by atoms with Crippen LogP contribution >= 0.6 is 0 Å². The largest absolute Gasteiger partial charge is 0.311 e. The molecule has 0 atom stereocenters. The van der Waals surface area contributed by atoms with Crippen LogP contribution in [0.1, 0.15) is 0 Å². The molecule has 68 heavy (non-hydrogen) atoms. The van der Waals surface area contributed by atoms with E-state index in [1.54, 1.807) is 0 Å². The molecule has 11 aromatic carbocycles. The summed E-state index contributed by atoms with van der Waals surface area (Å²) in [6.45, 7) is 0. The van der Waals surface area contributed by atoms with Gasteiger partial charge in [0.25, 0.3) is 0 Å². The molecule has 2 nitrogen and oxygen atoms in total. The van der Waals surface area contributed by atoms with Gasteiger partial charge in [0.05, 0.1) is 0 Å². The molecule has 0 N–H and O–H groups in total. The highest BCUT2D eigenvalue weighted by Gasteiger charge is 2.17. The van der Waals surface area contributed by atoms with E-state index in [9.17, 15) is 0 Å². The zero-order chi connectivity index (χ0) is 45.5. The molecule has 2 heteroatoms. The van der Waals surface area contributed by atoms with Gasteiger partial charge in [-0.15, -0.1) is 0 Å². The van der Waals surface area contributed by atoms with E-state index < -0.39 is 0 Å². The molecule has 0 aliphatic heterocycles.